The van der Waals surface area contributed by atoms with E-state index < -0.39 is 0 Å². The van der Waals surface area contributed by atoms with Gasteiger partial charge in [0.05, 0.1) is 13.5 Å². The number of allylic oxidation sites excluding steroid dienone is 4. The summed E-state index contributed by atoms with van der Waals surface area (Å²) in [6.45, 7) is 1.88. The molecule has 0 spiro atoms. The zero-order chi connectivity index (χ0) is 9.90. The molecule has 0 amide bonds. The lowest BCUT2D eigenvalue weighted by Crippen LogP contribution is -2.19. The standard InChI is InChI=1S/C10H12O3.9CH4/c1-10(7-9(12)13-2)5-3-8(11)4-6-10;;;;;;;;;/h3-6H,7H2,1-2H3;9*1H4. The van der Waals surface area contributed by atoms with E-state index in [9.17, 15) is 9.59 Å². The third kappa shape index (κ3) is 18.6. The van der Waals surface area contributed by atoms with Gasteiger partial charge in [0.2, 0.25) is 0 Å². The number of rotatable bonds is 2. The molecule has 0 radical (unpaired) electrons. The van der Waals surface area contributed by atoms with E-state index in [0.717, 1.165) is 0 Å². The van der Waals surface area contributed by atoms with Crippen LogP contribution >= 0.6 is 0 Å². The van der Waals surface area contributed by atoms with Crippen LogP contribution in [0.3, 0.4) is 0 Å². The summed E-state index contributed by atoms with van der Waals surface area (Å²) in [6.07, 6.45) is 6.67. The van der Waals surface area contributed by atoms with E-state index in [1.165, 1.54) is 19.3 Å². The highest BCUT2D eigenvalue weighted by Gasteiger charge is 2.24. The zero-order valence-corrected chi connectivity index (χ0v) is 7.74. The summed E-state index contributed by atoms with van der Waals surface area (Å²) in [5.74, 6) is -0.312. The maximum absolute atomic E-state index is 11.0. The Morgan fingerprint density at radius 3 is 1.50 bits per heavy atom. The van der Waals surface area contributed by atoms with Crippen LogP contribution in [-0.2, 0) is 14.3 Å². The highest BCUT2D eigenvalue weighted by atomic mass is 16.5. The minimum atomic E-state index is -0.374. The molecule has 142 valence electrons. The number of methoxy groups -OCH3 is 1. The fraction of sp³-hybridized carbons (Fsp3) is 0.684. The van der Waals surface area contributed by atoms with E-state index in [0.29, 0.717) is 0 Å². The van der Waals surface area contributed by atoms with Crippen molar-refractivity contribution in [2.24, 2.45) is 5.41 Å². The van der Waals surface area contributed by atoms with E-state index in [2.05, 4.69) is 4.74 Å². The third-order valence-electron chi connectivity index (χ3n) is 2.01. The molecule has 0 aromatic heterocycles. The molecule has 1 rings (SSSR count). The van der Waals surface area contributed by atoms with Gasteiger partial charge in [0.15, 0.2) is 5.78 Å². The normalized spacial score (nSPS) is 11.1. The summed E-state index contributed by atoms with van der Waals surface area (Å²) < 4.78 is 4.55. The molecular weight excluding hydrogens is 276 g/mol. The van der Waals surface area contributed by atoms with Crippen molar-refractivity contribution in [3.05, 3.63) is 24.3 Å². The van der Waals surface area contributed by atoms with Gasteiger partial charge in [-0.05, 0) is 12.2 Å². The van der Waals surface area contributed by atoms with Crippen molar-refractivity contribution in [2.45, 2.75) is 80.2 Å². The molecule has 0 unspecified atom stereocenters. The monoisotopic (exact) mass is 324 g/mol. The van der Waals surface area contributed by atoms with Crippen molar-refractivity contribution in [3.63, 3.8) is 0 Å². The largest absolute Gasteiger partial charge is 0.469 e. The SMILES string of the molecule is C.C.C.C.C.C.C.C.C.COC(=O)CC1(C)C=CC(=O)C=C1. The molecule has 0 N–H and O–H groups in total. The van der Waals surface area contributed by atoms with Crippen LogP contribution in [0.4, 0.5) is 0 Å². The highest BCUT2D eigenvalue weighted by Crippen LogP contribution is 2.28. The Kier molecular flexibility index (Phi) is 65.8. The van der Waals surface area contributed by atoms with Crippen molar-refractivity contribution in [1.29, 1.82) is 0 Å². The maximum Gasteiger partial charge on any atom is 0.306 e. The van der Waals surface area contributed by atoms with Gasteiger partial charge < -0.3 is 4.74 Å². The summed E-state index contributed by atoms with van der Waals surface area (Å²) in [7, 11) is 1.35. The first kappa shape index (κ1) is 58.8. The van der Waals surface area contributed by atoms with Crippen LogP contribution in [-0.4, -0.2) is 18.9 Å². The second-order valence-corrected chi connectivity index (χ2v) is 3.33. The van der Waals surface area contributed by atoms with Gasteiger partial charge in [0, 0.05) is 5.41 Å². The number of esters is 1. The molecule has 22 heavy (non-hydrogen) atoms. The molecule has 0 fully saturated rings. The number of ether oxygens (including phenoxy) is 1. The van der Waals surface area contributed by atoms with Crippen LogP contribution in [0.1, 0.15) is 80.2 Å². The lowest BCUT2D eigenvalue weighted by molar-refractivity contribution is -0.142. The number of carbonyl (C=O) groups excluding carboxylic acids is 2. The molecule has 1 aliphatic carbocycles. The van der Waals surface area contributed by atoms with Gasteiger partial charge in [0.1, 0.15) is 0 Å². The molecule has 1 aliphatic rings. The van der Waals surface area contributed by atoms with E-state index in [4.69, 9.17) is 0 Å². The minimum Gasteiger partial charge on any atom is -0.469 e. The molecular formula is C19H48O3. The molecule has 0 heterocycles. The first-order valence-corrected chi connectivity index (χ1v) is 4.05. The Bertz CT molecular complexity index is 273. The Morgan fingerprint density at radius 1 is 0.909 bits per heavy atom. The number of hydrogen-bond donors (Lipinski definition) is 0. The van der Waals surface area contributed by atoms with E-state index in [1.807, 2.05) is 6.92 Å². The smallest absolute Gasteiger partial charge is 0.306 e. The van der Waals surface area contributed by atoms with Gasteiger partial charge in [0.25, 0.3) is 0 Å². The van der Waals surface area contributed by atoms with Gasteiger partial charge in [-0.15, -0.1) is 0 Å². The third-order valence-corrected chi connectivity index (χ3v) is 2.01. The second kappa shape index (κ2) is 24.6. The highest BCUT2D eigenvalue weighted by molar-refractivity contribution is 6.00. The molecule has 3 heteroatoms. The first-order chi connectivity index (χ1) is 6.06. The van der Waals surface area contributed by atoms with Crippen LogP contribution in [0, 0.1) is 5.41 Å². The average molecular weight is 325 g/mol. The number of hydrogen-bond acceptors (Lipinski definition) is 3. The van der Waals surface area contributed by atoms with Gasteiger partial charge in [-0.3, -0.25) is 9.59 Å². The first-order valence-electron chi connectivity index (χ1n) is 4.05. The Balaban J connectivity index is -0.0000000268. The van der Waals surface area contributed by atoms with Gasteiger partial charge >= 0.3 is 5.97 Å². The van der Waals surface area contributed by atoms with Crippen LogP contribution in [0.25, 0.3) is 0 Å². The molecule has 0 bridgehead atoms. The minimum absolute atomic E-state index is 0. The molecule has 0 saturated carbocycles. The van der Waals surface area contributed by atoms with Crippen molar-refractivity contribution in [2.75, 3.05) is 7.11 Å². The lowest BCUT2D eigenvalue weighted by Gasteiger charge is -2.21. The summed E-state index contributed by atoms with van der Waals surface area (Å²) in [5, 5.41) is 0. The number of carbonyl (C=O) groups is 2. The molecule has 3 nitrogen and oxygen atoms in total. The van der Waals surface area contributed by atoms with Gasteiger partial charge in [-0.25, -0.2) is 0 Å². The Morgan fingerprint density at radius 2 is 1.23 bits per heavy atom. The van der Waals surface area contributed by atoms with Crippen molar-refractivity contribution in [3.8, 4) is 0 Å². The van der Waals surface area contributed by atoms with E-state index in [1.54, 1.807) is 12.2 Å². The van der Waals surface area contributed by atoms with Crippen LogP contribution in [0.15, 0.2) is 24.3 Å². The summed E-state index contributed by atoms with van der Waals surface area (Å²) in [5.41, 5.74) is -0.374. The summed E-state index contributed by atoms with van der Waals surface area (Å²) in [4.78, 5) is 21.8. The lowest BCUT2D eigenvalue weighted by atomic mass is 9.83. The van der Waals surface area contributed by atoms with Crippen molar-refractivity contribution >= 4 is 11.8 Å². The fourth-order valence-corrected chi connectivity index (χ4v) is 1.16. The zero-order valence-electron chi connectivity index (χ0n) is 7.74. The topological polar surface area (TPSA) is 43.4 Å². The number of ketones is 1. The van der Waals surface area contributed by atoms with Crippen LogP contribution < -0.4 is 0 Å². The summed E-state index contributed by atoms with van der Waals surface area (Å²) >= 11 is 0. The van der Waals surface area contributed by atoms with Gasteiger partial charge in [-0.2, -0.15) is 0 Å². The molecule has 0 saturated heterocycles. The quantitative estimate of drug-likeness (QED) is 0.515. The van der Waals surface area contributed by atoms with Crippen LogP contribution in [0.5, 0.6) is 0 Å². The average Bonchev–Trinajstić information content (AvgIpc) is 2.10. The van der Waals surface area contributed by atoms with Crippen molar-refractivity contribution in [1.82, 2.24) is 0 Å². The van der Waals surface area contributed by atoms with E-state index in [-0.39, 0.29) is 90.4 Å². The van der Waals surface area contributed by atoms with E-state index >= 15 is 0 Å². The second-order valence-electron chi connectivity index (χ2n) is 3.33. The molecule has 0 atom stereocenters. The summed E-state index contributed by atoms with van der Waals surface area (Å²) in [6, 6.07) is 0. The Labute approximate surface area is 143 Å². The molecule has 0 aromatic carbocycles. The molecule has 0 aromatic rings. The predicted octanol–water partition coefficient (Wildman–Crippen LogP) is 6.98. The van der Waals surface area contributed by atoms with Crippen LogP contribution in [0.2, 0.25) is 0 Å². The van der Waals surface area contributed by atoms with Crippen molar-refractivity contribution < 1.29 is 14.3 Å². The maximum atomic E-state index is 11.0. The Hall–Kier alpha value is -1.38. The van der Waals surface area contributed by atoms with Gasteiger partial charge in [-0.1, -0.05) is 85.9 Å². The molecule has 0 aliphatic heterocycles. The fourth-order valence-electron chi connectivity index (χ4n) is 1.16. The predicted molar refractivity (Wildman–Crippen MR) is 109 cm³/mol.